The number of nitrogens with one attached hydrogen (secondary N) is 1. The molecule has 0 fully saturated rings. The molecule has 0 aliphatic heterocycles. The molecule has 3 aromatic rings. The van der Waals surface area contributed by atoms with E-state index in [0.29, 0.717) is 22.9 Å². The largest absolute Gasteiger partial charge is 0.493 e. The van der Waals surface area contributed by atoms with Crippen LogP contribution in [0.15, 0.2) is 23.6 Å². The second-order valence-electron chi connectivity index (χ2n) is 6.48. The molecular weight excluding hydrogens is 392 g/mol. The summed E-state index contributed by atoms with van der Waals surface area (Å²) in [6.45, 7) is 1.32. The highest BCUT2D eigenvalue weighted by molar-refractivity contribution is 7.19. The Balaban J connectivity index is 1.62. The molecule has 0 unspecified atom stereocenters. The Labute approximate surface area is 171 Å². The van der Waals surface area contributed by atoms with Crippen molar-refractivity contribution in [2.45, 2.75) is 26.2 Å². The molecule has 0 atom stereocenters. The number of hydrogen-bond donors (Lipinski definition) is 1. The van der Waals surface area contributed by atoms with Crippen molar-refractivity contribution in [1.82, 2.24) is 9.97 Å². The van der Waals surface area contributed by atoms with Crippen molar-refractivity contribution < 1.29 is 19.0 Å². The number of thiophene rings is 1. The van der Waals surface area contributed by atoms with Crippen LogP contribution in [0.2, 0.25) is 0 Å². The van der Waals surface area contributed by atoms with E-state index >= 15 is 0 Å². The predicted octanol–water partition coefficient (Wildman–Crippen LogP) is 3.57. The molecule has 0 radical (unpaired) electrons. The molecule has 0 saturated carbocycles. The van der Waals surface area contributed by atoms with Gasteiger partial charge in [-0.15, -0.1) is 11.3 Å². The molecular formula is C20H20N4O4S. The van der Waals surface area contributed by atoms with Crippen LogP contribution < -0.4 is 19.6 Å². The second-order valence-corrected chi connectivity index (χ2v) is 7.56. The van der Waals surface area contributed by atoms with Crippen LogP contribution in [0.25, 0.3) is 10.2 Å². The van der Waals surface area contributed by atoms with Gasteiger partial charge in [0.05, 0.1) is 25.8 Å². The van der Waals surface area contributed by atoms with Gasteiger partial charge in [-0.25, -0.2) is 9.97 Å². The van der Waals surface area contributed by atoms with Gasteiger partial charge in [0, 0.05) is 17.4 Å². The maximum absolute atomic E-state index is 11.3. The van der Waals surface area contributed by atoms with Crippen molar-refractivity contribution in [1.29, 1.82) is 0 Å². The van der Waals surface area contributed by atoms with Crippen LogP contribution in [-0.4, -0.2) is 36.4 Å². The predicted molar refractivity (Wildman–Crippen MR) is 112 cm³/mol. The van der Waals surface area contributed by atoms with Crippen molar-refractivity contribution in [2.75, 3.05) is 19.6 Å². The lowest BCUT2D eigenvalue weighted by Crippen LogP contribution is -2.05. The molecule has 0 spiro atoms. The summed E-state index contributed by atoms with van der Waals surface area (Å²) >= 11 is 1.73. The van der Waals surface area contributed by atoms with Crippen LogP contribution in [0.4, 0.5) is 5.82 Å². The minimum Gasteiger partial charge on any atom is -0.493 e. The molecule has 1 aromatic carbocycles. The van der Waals surface area contributed by atoms with Gasteiger partial charge < -0.3 is 14.2 Å². The zero-order valence-corrected chi connectivity index (χ0v) is 17.1. The van der Waals surface area contributed by atoms with Crippen LogP contribution in [0.3, 0.4) is 0 Å². The smallest absolute Gasteiger partial charge is 0.308 e. The Morgan fingerprint density at radius 2 is 1.97 bits per heavy atom. The number of aryl methyl sites for hydroxylation is 2. The first-order valence-corrected chi connectivity index (χ1v) is 9.91. The fourth-order valence-corrected chi connectivity index (χ4v) is 4.63. The van der Waals surface area contributed by atoms with E-state index in [4.69, 9.17) is 14.2 Å². The number of hydrazone groups is 1. The van der Waals surface area contributed by atoms with Crippen LogP contribution in [0.5, 0.6) is 17.2 Å². The molecule has 150 valence electrons. The third-order valence-corrected chi connectivity index (χ3v) is 5.81. The summed E-state index contributed by atoms with van der Waals surface area (Å²) in [7, 11) is 2.99. The number of rotatable bonds is 6. The van der Waals surface area contributed by atoms with Crippen molar-refractivity contribution in [3.8, 4) is 17.2 Å². The highest BCUT2D eigenvalue weighted by atomic mass is 32.1. The monoisotopic (exact) mass is 412 g/mol. The Hall–Kier alpha value is -3.20. The molecule has 2 heterocycles. The summed E-state index contributed by atoms with van der Waals surface area (Å²) in [5, 5.41) is 5.39. The number of benzene rings is 1. The minimum atomic E-state index is -0.458. The molecule has 4 rings (SSSR count). The first-order valence-electron chi connectivity index (χ1n) is 9.09. The molecule has 1 aliphatic rings. The highest BCUT2D eigenvalue weighted by Crippen LogP contribution is 2.40. The maximum atomic E-state index is 11.3. The van der Waals surface area contributed by atoms with E-state index in [2.05, 4.69) is 20.5 Å². The first kappa shape index (κ1) is 19.1. The van der Waals surface area contributed by atoms with E-state index in [1.807, 2.05) is 0 Å². The number of aromatic nitrogens is 2. The molecule has 1 N–H and O–H groups in total. The summed E-state index contributed by atoms with van der Waals surface area (Å²) < 4.78 is 15.9. The lowest BCUT2D eigenvalue weighted by Gasteiger charge is -2.13. The van der Waals surface area contributed by atoms with Gasteiger partial charge in [-0.2, -0.15) is 5.10 Å². The third kappa shape index (κ3) is 3.73. The number of hydrogen-bond acceptors (Lipinski definition) is 9. The number of methoxy groups -OCH3 is 2. The van der Waals surface area contributed by atoms with Gasteiger partial charge in [0.2, 0.25) is 5.75 Å². The van der Waals surface area contributed by atoms with E-state index in [1.54, 1.807) is 36.0 Å². The quantitative estimate of drug-likeness (QED) is 0.286. The first-order chi connectivity index (χ1) is 14.1. The number of anilines is 1. The highest BCUT2D eigenvalue weighted by Gasteiger charge is 2.21. The summed E-state index contributed by atoms with van der Waals surface area (Å²) in [5.41, 5.74) is 5.07. The second kappa shape index (κ2) is 8.04. The number of carbonyl (C=O) groups excluding carboxylic acids is 1. The number of ether oxygens (including phenoxy) is 3. The Morgan fingerprint density at radius 3 is 2.66 bits per heavy atom. The van der Waals surface area contributed by atoms with Gasteiger partial charge in [0.25, 0.3) is 0 Å². The van der Waals surface area contributed by atoms with Crippen LogP contribution >= 0.6 is 11.3 Å². The van der Waals surface area contributed by atoms with Crippen molar-refractivity contribution in [3.05, 3.63) is 34.5 Å². The molecule has 0 saturated heterocycles. The lowest BCUT2D eigenvalue weighted by molar-refractivity contribution is -0.132. The molecule has 2 aromatic heterocycles. The van der Waals surface area contributed by atoms with Gasteiger partial charge in [-0.3, -0.25) is 10.2 Å². The van der Waals surface area contributed by atoms with Crippen molar-refractivity contribution >= 4 is 39.6 Å². The molecule has 0 bridgehead atoms. The lowest BCUT2D eigenvalue weighted by atomic mass is 10.2. The van der Waals surface area contributed by atoms with E-state index in [1.165, 1.54) is 38.0 Å². The van der Waals surface area contributed by atoms with Crippen LogP contribution in [0, 0.1) is 0 Å². The number of nitrogens with zero attached hydrogens (tertiary/aromatic N) is 3. The van der Waals surface area contributed by atoms with Crippen LogP contribution in [-0.2, 0) is 17.6 Å². The normalized spacial score (nSPS) is 12.9. The van der Waals surface area contributed by atoms with Crippen molar-refractivity contribution in [3.63, 3.8) is 0 Å². The minimum absolute atomic E-state index is 0.235. The van der Waals surface area contributed by atoms with E-state index in [0.717, 1.165) is 23.1 Å². The SMILES string of the molecule is COc1cc(/C=N\Nc2ncnc3sc4c(c23)CCC4)cc(OC)c1OC(C)=O. The standard InChI is InChI=1S/C20H20N4O4S/c1-11(25)28-18-14(26-2)7-12(8-15(18)27-3)9-23-24-19-17-13-5-4-6-16(13)29-20(17)22-10-21-19/h7-10H,4-6H2,1-3H3,(H,21,22,24)/b23-9-. The van der Waals surface area contributed by atoms with Crippen LogP contribution in [0.1, 0.15) is 29.3 Å². The fourth-order valence-electron chi connectivity index (χ4n) is 3.40. The van der Waals surface area contributed by atoms with Gasteiger partial charge in [-0.05, 0) is 37.0 Å². The van der Waals surface area contributed by atoms with E-state index in [9.17, 15) is 4.79 Å². The number of carbonyl (C=O) groups is 1. The fraction of sp³-hybridized carbons (Fsp3) is 0.300. The Kier molecular flexibility index (Phi) is 5.30. The zero-order chi connectivity index (χ0) is 20.4. The number of fused-ring (bicyclic) bond motifs is 3. The van der Waals surface area contributed by atoms with Gasteiger partial charge in [-0.1, -0.05) is 0 Å². The molecule has 29 heavy (non-hydrogen) atoms. The zero-order valence-electron chi connectivity index (χ0n) is 16.3. The van der Waals surface area contributed by atoms with Gasteiger partial charge >= 0.3 is 5.97 Å². The summed E-state index contributed by atoms with van der Waals surface area (Å²) in [6, 6.07) is 3.42. The summed E-state index contributed by atoms with van der Waals surface area (Å²) in [6.07, 6.45) is 6.50. The average molecular weight is 412 g/mol. The van der Waals surface area contributed by atoms with E-state index < -0.39 is 5.97 Å². The van der Waals surface area contributed by atoms with Gasteiger partial charge in [0.15, 0.2) is 17.3 Å². The molecule has 9 heteroatoms. The topological polar surface area (TPSA) is 94.9 Å². The van der Waals surface area contributed by atoms with E-state index in [-0.39, 0.29) is 5.75 Å². The molecule has 8 nitrogen and oxygen atoms in total. The van der Waals surface area contributed by atoms with Gasteiger partial charge in [0.1, 0.15) is 11.2 Å². The average Bonchev–Trinajstić information content (AvgIpc) is 3.29. The number of esters is 1. The van der Waals surface area contributed by atoms with Crippen molar-refractivity contribution in [2.24, 2.45) is 5.10 Å². The summed E-state index contributed by atoms with van der Waals surface area (Å²) in [4.78, 5) is 22.5. The molecule has 0 amide bonds. The Morgan fingerprint density at radius 1 is 1.21 bits per heavy atom. The molecule has 1 aliphatic carbocycles. The summed E-state index contributed by atoms with van der Waals surface area (Å²) in [5.74, 6) is 1.22. The Bertz CT molecular complexity index is 1080. The third-order valence-electron chi connectivity index (χ3n) is 4.61. The maximum Gasteiger partial charge on any atom is 0.308 e.